The summed E-state index contributed by atoms with van der Waals surface area (Å²) in [6.07, 6.45) is 0.346. The second kappa shape index (κ2) is 28.3. The topological polar surface area (TPSA) is 467 Å². The van der Waals surface area contributed by atoms with Crippen LogP contribution in [0.4, 0.5) is 0 Å². The summed E-state index contributed by atoms with van der Waals surface area (Å²) in [7, 11) is 0. The molecular weight excluding hydrogens is 961 g/mol. The van der Waals surface area contributed by atoms with Gasteiger partial charge in [-0.1, -0.05) is 18.2 Å². The van der Waals surface area contributed by atoms with Crippen molar-refractivity contribution in [3.8, 4) is 0 Å². The molecule has 0 radical (unpaired) electrons. The molecule has 0 spiro atoms. The van der Waals surface area contributed by atoms with Crippen LogP contribution in [0.3, 0.4) is 0 Å². The van der Waals surface area contributed by atoms with Crippen molar-refractivity contribution in [1.82, 2.24) is 47.1 Å². The lowest BCUT2D eigenvalue weighted by atomic mass is 10.0. The summed E-state index contributed by atoms with van der Waals surface area (Å²) >= 11 is 1.26. The van der Waals surface area contributed by atoms with E-state index in [1.807, 2.05) is 0 Å². The Kier molecular flexibility index (Phi) is 23.1. The quantitative estimate of drug-likeness (QED) is 0.0346. The predicted molar refractivity (Wildman–Crippen MR) is 249 cm³/mol. The van der Waals surface area contributed by atoms with Gasteiger partial charge in [-0.15, -0.1) is 0 Å². The van der Waals surface area contributed by atoms with Crippen LogP contribution in [-0.2, 0) is 64.0 Å². The van der Waals surface area contributed by atoms with Crippen molar-refractivity contribution in [3.05, 3.63) is 36.0 Å². The van der Waals surface area contributed by atoms with E-state index >= 15 is 0 Å². The number of thioether (sulfide) groups is 1. The van der Waals surface area contributed by atoms with Crippen LogP contribution in [0.5, 0.6) is 0 Å². The number of hydrogen-bond acceptors (Lipinski definition) is 16. The number of nitrogens with one attached hydrogen (secondary N) is 8. The number of carbonyl (C=O) groups is 12. The summed E-state index contributed by atoms with van der Waals surface area (Å²) in [4.78, 5) is 159. The monoisotopic (exact) mass is 1020 g/mol. The standard InChI is InChI=1S/C42H60N12O16S/c1-71-12-10-25(50-36(63)24(8-9-34(60)61)49-39(66)29(19-56)48-33(59)17-47-35(62)22(43)18-55)37(64)51-26(13-20-16-46-23-6-3-2-5-21(20)23)38(65)52-27(14-31(44)57)41(68)54-11-4-7-30(54)40(67)53-28(42(69)70)15-32(45)58/h2-3,5-6,16,22,24-30,46,55-56H,4,7-15,17-19,43H2,1H3,(H2,44,57)(H2,45,58)(H,47,62)(H,48,59)(H,49,66)(H,50,63)(H,51,64)(H,52,65)(H,53,67)(H,60,61)(H,69,70)/t22-,24-,25-,26-,27-,28-,29-,30-/m0/s1. The van der Waals surface area contributed by atoms with Crippen LogP contribution < -0.4 is 54.4 Å². The lowest BCUT2D eigenvalue weighted by molar-refractivity contribution is -0.146. The van der Waals surface area contributed by atoms with Gasteiger partial charge in [0.2, 0.25) is 59.1 Å². The van der Waals surface area contributed by atoms with Crippen molar-refractivity contribution < 1.29 is 78.0 Å². The Balaban J connectivity index is 1.92. The third kappa shape index (κ3) is 18.1. The van der Waals surface area contributed by atoms with Crippen LogP contribution in [0, 0.1) is 0 Å². The molecule has 0 aliphatic carbocycles. The lowest BCUT2D eigenvalue weighted by Crippen LogP contribution is -2.61. The van der Waals surface area contributed by atoms with E-state index in [1.54, 1.807) is 36.7 Å². The molecule has 0 saturated carbocycles. The molecule has 1 aromatic heterocycles. The van der Waals surface area contributed by atoms with E-state index in [0.29, 0.717) is 16.5 Å². The number of carboxylic acids is 2. The number of amides is 10. The number of hydrogen-bond donors (Lipinski definition) is 15. The molecule has 0 bridgehead atoms. The van der Waals surface area contributed by atoms with E-state index in [0.717, 1.165) is 4.90 Å². The summed E-state index contributed by atoms with van der Waals surface area (Å²) in [5, 5.41) is 54.7. The largest absolute Gasteiger partial charge is 0.481 e. The highest BCUT2D eigenvalue weighted by molar-refractivity contribution is 7.98. The molecule has 28 nitrogen and oxygen atoms in total. The van der Waals surface area contributed by atoms with Crippen molar-refractivity contribution >= 4 is 93.7 Å². The number of benzene rings is 1. The SMILES string of the molecule is CSCC[C@H](NC(=O)[C@H](CCC(=O)O)NC(=O)[C@H](CO)NC(=O)CNC(=O)[C@@H](N)CO)C(=O)N[C@@H](Cc1c[nH]c2ccccc12)C(=O)N[C@@H](CC(N)=O)C(=O)N1CCC[C@H]1C(=O)N[C@@H](CC(N)=O)C(=O)O. The number of fused-ring (bicyclic) bond motifs is 1. The van der Waals surface area contributed by atoms with Crippen LogP contribution in [0.2, 0.25) is 0 Å². The first-order valence-electron chi connectivity index (χ1n) is 22.0. The molecule has 2 aromatic rings. The summed E-state index contributed by atoms with van der Waals surface area (Å²) in [5.41, 5.74) is 17.2. The molecule has 0 unspecified atom stereocenters. The van der Waals surface area contributed by atoms with Gasteiger partial charge in [0.25, 0.3) is 0 Å². The van der Waals surface area contributed by atoms with Gasteiger partial charge in [-0.25, -0.2) is 4.79 Å². The number of aromatic amines is 1. The van der Waals surface area contributed by atoms with E-state index in [-0.39, 0.29) is 38.0 Å². The number of H-pyrrole nitrogens is 1. The first-order chi connectivity index (χ1) is 33.6. The van der Waals surface area contributed by atoms with E-state index in [4.69, 9.17) is 22.3 Å². The van der Waals surface area contributed by atoms with Gasteiger partial charge in [0, 0.05) is 36.5 Å². The number of para-hydroxylation sites is 1. The Morgan fingerprint density at radius 1 is 0.732 bits per heavy atom. The van der Waals surface area contributed by atoms with Crippen molar-refractivity contribution in [2.45, 2.75) is 99.7 Å². The van der Waals surface area contributed by atoms with Crippen molar-refractivity contribution in [2.75, 3.05) is 38.3 Å². The lowest BCUT2D eigenvalue weighted by Gasteiger charge is -2.30. The maximum atomic E-state index is 14.4. The van der Waals surface area contributed by atoms with Gasteiger partial charge >= 0.3 is 11.9 Å². The first kappa shape index (κ1) is 57.9. The van der Waals surface area contributed by atoms with E-state index in [9.17, 15) is 72.9 Å². The van der Waals surface area contributed by atoms with Gasteiger partial charge in [0.1, 0.15) is 48.3 Å². The number of nitrogens with two attached hydrogens (primary N) is 3. The molecule has 1 aromatic carbocycles. The second-order valence-electron chi connectivity index (χ2n) is 16.3. The third-order valence-corrected chi connectivity index (χ3v) is 11.6. The Labute approximate surface area is 409 Å². The molecule has 8 atom stereocenters. The molecule has 10 amide bonds. The molecule has 1 aliphatic heterocycles. The van der Waals surface area contributed by atoms with Crippen LogP contribution in [-0.4, -0.2) is 188 Å². The van der Waals surface area contributed by atoms with Gasteiger partial charge in [-0.2, -0.15) is 11.8 Å². The zero-order valence-corrected chi connectivity index (χ0v) is 39.3. The fourth-order valence-electron chi connectivity index (χ4n) is 7.25. The van der Waals surface area contributed by atoms with Gasteiger partial charge < -0.3 is 84.7 Å². The molecule has 29 heteroatoms. The van der Waals surface area contributed by atoms with Crippen LogP contribution in [0.1, 0.15) is 50.5 Å². The maximum Gasteiger partial charge on any atom is 0.326 e. The molecule has 71 heavy (non-hydrogen) atoms. The van der Waals surface area contributed by atoms with Crippen molar-refractivity contribution in [1.29, 1.82) is 0 Å². The number of aliphatic hydroxyl groups is 2. The predicted octanol–water partition coefficient (Wildman–Crippen LogP) is -6.51. The number of likely N-dealkylation sites (tertiary alicyclic amines) is 1. The molecular formula is C42H60N12O16S. The minimum absolute atomic E-state index is 0.0309. The smallest absolute Gasteiger partial charge is 0.326 e. The second-order valence-corrected chi connectivity index (χ2v) is 17.2. The van der Waals surface area contributed by atoms with Gasteiger partial charge in [-0.3, -0.25) is 52.7 Å². The van der Waals surface area contributed by atoms with Crippen molar-refractivity contribution in [2.24, 2.45) is 17.2 Å². The normalized spacial score (nSPS) is 16.1. The van der Waals surface area contributed by atoms with Crippen LogP contribution in [0.25, 0.3) is 10.9 Å². The number of aliphatic hydroxyl groups excluding tert-OH is 2. The molecule has 3 rings (SSSR count). The van der Waals surface area contributed by atoms with Crippen LogP contribution in [0.15, 0.2) is 30.5 Å². The molecule has 18 N–H and O–H groups in total. The number of aliphatic carboxylic acids is 2. The molecule has 2 heterocycles. The average Bonchev–Trinajstić information content (AvgIpc) is 3.98. The summed E-state index contributed by atoms with van der Waals surface area (Å²) in [6, 6.07) is -5.71. The number of primary amides is 2. The number of nitrogens with zero attached hydrogens (tertiary/aromatic N) is 1. The maximum absolute atomic E-state index is 14.4. The van der Waals surface area contributed by atoms with Gasteiger partial charge in [0.05, 0.1) is 32.6 Å². The highest BCUT2D eigenvalue weighted by Crippen LogP contribution is 2.22. The van der Waals surface area contributed by atoms with E-state index in [2.05, 4.69) is 42.2 Å². The summed E-state index contributed by atoms with van der Waals surface area (Å²) in [6.45, 7) is -2.57. The molecule has 1 aliphatic rings. The highest BCUT2D eigenvalue weighted by Gasteiger charge is 2.41. The molecule has 1 fully saturated rings. The summed E-state index contributed by atoms with van der Waals surface area (Å²) in [5.74, 6) is -12.9. The van der Waals surface area contributed by atoms with Crippen molar-refractivity contribution in [3.63, 3.8) is 0 Å². The van der Waals surface area contributed by atoms with Crippen LogP contribution >= 0.6 is 11.8 Å². The number of carboxylic acid groups (broad SMARTS) is 2. The van der Waals surface area contributed by atoms with Gasteiger partial charge in [0.15, 0.2) is 0 Å². The zero-order valence-electron chi connectivity index (χ0n) is 38.5. The average molecular weight is 1020 g/mol. The van der Waals surface area contributed by atoms with Gasteiger partial charge in [-0.05, 0) is 49.3 Å². The minimum atomic E-state index is -1.74. The Hall–Kier alpha value is -7.37. The number of aromatic nitrogens is 1. The minimum Gasteiger partial charge on any atom is -0.481 e. The van der Waals surface area contributed by atoms with E-state index in [1.165, 1.54) is 11.8 Å². The number of carbonyl (C=O) groups excluding carboxylic acids is 10. The highest BCUT2D eigenvalue weighted by atomic mass is 32.2. The fraction of sp³-hybridized carbons (Fsp3) is 0.524. The first-order valence-corrected chi connectivity index (χ1v) is 23.4. The molecule has 1 saturated heterocycles. The molecule has 390 valence electrons. The zero-order chi connectivity index (χ0) is 52.9. The summed E-state index contributed by atoms with van der Waals surface area (Å²) < 4.78 is 0. The van der Waals surface area contributed by atoms with E-state index < -0.39 is 165 Å². The fourth-order valence-corrected chi connectivity index (χ4v) is 7.73. The Morgan fingerprint density at radius 2 is 1.31 bits per heavy atom. The number of rotatable bonds is 30. The Bertz CT molecular complexity index is 2300. The Morgan fingerprint density at radius 3 is 1.90 bits per heavy atom. The third-order valence-electron chi connectivity index (χ3n) is 10.9.